The lowest BCUT2D eigenvalue weighted by atomic mass is 9.83. The predicted molar refractivity (Wildman–Crippen MR) is 82.8 cm³/mol. The van der Waals surface area contributed by atoms with Crippen LogP contribution in [0.1, 0.15) is 42.6 Å². The molecule has 1 aliphatic heterocycles. The van der Waals surface area contributed by atoms with E-state index in [0.29, 0.717) is 17.2 Å². The van der Waals surface area contributed by atoms with E-state index in [-0.39, 0.29) is 5.97 Å². The normalized spacial score (nSPS) is 16.6. The molecule has 0 amide bonds. The second-order valence-electron chi connectivity index (χ2n) is 6.15. The molecule has 1 aromatic carbocycles. The molecule has 4 heteroatoms. The van der Waals surface area contributed by atoms with E-state index in [2.05, 4.69) is 5.32 Å². The number of methoxy groups -OCH3 is 1. The minimum Gasteiger partial charge on any atom is -0.496 e. The highest BCUT2D eigenvalue weighted by molar-refractivity contribution is 5.92. The number of nitrogens with one attached hydrogen (secondary N) is 1. The van der Waals surface area contributed by atoms with Crippen LogP contribution in [-0.2, 0) is 4.74 Å². The molecule has 1 heterocycles. The van der Waals surface area contributed by atoms with Crippen LogP contribution in [0.3, 0.4) is 0 Å². The molecule has 0 aromatic heterocycles. The van der Waals surface area contributed by atoms with E-state index < -0.39 is 5.60 Å². The number of benzene rings is 1. The average Bonchev–Trinajstić information content (AvgIpc) is 2.48. The van der Waals surface area contributed by atoms with Crippen molar-refractivity contribution < 1.29 is 14.3 Å². The van der Waals surface area contributed by atoms with Crippen molar-refractivity contribution in [2.24, 2.45) is 5.92 Å². The molecule has 1 saturated heterocycles. The second kappa shape index (κ2) is 6.48. The van der Waals surface area contributed by atoms with Crippen molar-refractivity contribution in [3.8, 4) is 5.75 Å². The van der Waals surface area contributed by atoms with Crippen molar-refractivity contribution in [3.63, 3.8) is 0 Å². The third-order valence-corrected chi connectivity index (χ3v) is 4.40. The first-order valence-corrected chi connectivity index (χ1v) is 7.53. The van der Waals surface area contributed by atoms with Gasteiger partial charge < -0.3 is 14.8 Å². The zero-order valence-corrected chi connectivity index (χ0v) is 13.4. The molecular weight excluding hydrogens is 266 g/mol. The Kier molecular flexibility index (Phi) is 4.88. The minimum absolute atomic E-state index is 0.269. The molecule has 0 bridgehead atoms. The Balaban J connectivity index is 2.13. The van der Waals surface area contributed by atoms with Crippen LogP contribution in [0.2, 0.25) is 0 Å². The van der Waals surface area contributed by atoms with Crippen LogP contribution < -0.4 is 10.1 Å². The van der Waals surface area contributed by atoms with Gasteiger partial charge in [0.05, 0.1) is 12.7 Å². The molecule has 0 unspecified atom stereocenters. The monoisotopic (exact) mass is 291 g/mol. The Morgan fingerprint density at radius 2 is 1.95 bits per heavy atom. The number of carbonyl (C=O) groups is 1. The van der Waals surface area contributed by atoms with Crippen molar-refractivity contribution in [1.29, 1.82) is 0 Å². The smallest absolute Gasteiger partial charge is 0.339 e. The van der Waals surface area contributed by atoms with Crippen LogP contribution in [0.25, 0.3) is 0 Å². The first kappa shape index (κ1) is 15.8. The summed E-state index contributed by atoms with van der Waals surface area (Å²) in [4.78, 5) is 12.5. The molecule has 116 valence electrons. The average molecular weight is 291 g/mol. The molecule has 1 N–H and O–H groups in total. The van der Waals surface area contributed by atoms with Crippen molar-refractivity contribution in [3.05, 3.63) is 29.3 Å². The van der Waals surface area contributed by atoms with Gasteiger partial charge in [-0.05, 0) is 58.8 Å². The Labute approximate surface area is 126 Å². The fourth-order valence-electron chi connectivity index (χ4n) is 2.95. The number of carbonyl (C=O) groups excluding carboxylic acids is 1. The first-order chi connectivity index (χ1) is 9.95. The van der Waals surface area contributed by atoms with Gasteiger partial charge in [0.15, 0.2) is 0 Å². The van der Waals surface area contributed by atoms with E-state index in [0.717, 1.165) is 31.5 Å². The van der Waals surface area contributed by atoms with Gasteiger partial charge in [-0.2, -0.15) is 0 Å². The van der Waals surface area contributed by atoms with Gasteiger partial charge >= 0.3 is 5.97 Å². The highest BCUT2D eigenvalue weighted by Gasteiger charge is 2.34. The van der Waals surface area contributed by atoms with E-state index in [1.54, 1.807) is 13.2 Å². The largest absolute Gasteiger partial charge is 0.496 e. The predicted octanol–water partition coefficient (Wildman–Crippen LogP) is 2.94. The molecular formula is C17H25NO3. The van der Waals surface area contributed by atoms with Gasteiger partial charge in [0.1, 0.15) is 11.4 Å². The van der Waals surface area contributed by atoms with E-state index in [1.165, 1.54) is 0 Å². The van der Waals surface area contributed by atoms with Gasteiger partial charge in [0, 0.05) is 11.5 Å². The van der Waals surface area contributed by atoms with Gasteiger partial charge in [-0.25, -0.2) is 4.79 Å². The second-order valence-corrected chi connectivity index (χ2v) is 6.15. The van der Waals surface area contributed by atoms with Gasteiger partial charge in [0.25, 0.3) is 0 Å². The maximum atomic E-state index is 12.5. The fourth-order valence-corrected chi connectivity index (χ4v) is 2.95. The molecule has 1 aromatic rings. The summed E-state index contributed by atoms with van der Waals surface area (Å²) < 4.78 is 11.1. The zero-order chi connectivity index (χ0) is 15.5. The Morgan fingerprint density at radius 1 is 1.29 bits per heavy atom. The van der Waals surface area contributed by atoms with Crippen LogP contribution in [-0.4, -0.2) is 31.8 Å². The Morgan fingerprint density at radius 3 is 2.57 bits per heavy atom. The summed E-state index contributed by atoms with van der Waals surface area (Å²) >= 11 is 0. The Bertz CT molecular complexity index is 505. The molecule has 1 aliphatic rings. The topological polar surface area (TPSA) is 47.6 Å². The van der Waals surface area contributed by atoms with Gasteiger partial charge in [-0.1, -0.05) is 6.07 Å². The molecule has 4 nitrogen and oxygen atoms in total. The van der Waals surface area contributed by atoms with Crippen LogP contribution in [0.15, 0.2) is 18.2 Å². The van der Waals surface area contributed by atoms with Crippen LogP contribution in [0.5, 0.6) is 5.75 Å². The Hall–Kier alpha value is -1.55. The molecule has 0 atom stereocenters. The minimum atomic E-state index is -0.450. The fraction of sp³-hybridized carbons (Fsp3) is 0.588. The number of piperidine rings is 1. The number of hydrogen-bond donors (Lipinski definition) is 1. The lowest BCUT2D eigenvalue weighted by Crippen LogP contribution is -2.42. The lowest BCUT2D eigenvalue weighted by molar-refractivity contribution is -0.0368. The van der Waals surface area contributed by atoms with Gasteiger partial charge in [0.2, 0.25) is 0 Å². The summed E-state index contributed by atoms with van der Waals surface area (Å²) in [5, 5.41) is 3.34. The van der Waals surface area contributed by atoms with E-state index in [9.17, 15) is 4.79 Å². The number of ether oxygens (including phenoxy) is 2. The van der Waals surface area contributed by atoms with E-state index >= 15 is 0 Å². The number of rotatable bonds is 4. The SMILES string of the molecule is COc1cccc(C(=O)OC(C)(C)C2CCNCC2)c1C. The first-order valence-electron chi connectivity index (χ1n) is 7.53. The third kappa shape index (κ3) is 3.56. The highest BCUT2D eigenvalue weighted by Crippen LogP contribution is 2.31. The zero-order valence-electron chi connectivity index (χ0n) is 13.4. The highest BCUT2D eigenvalue weighted by atomic mass is 16.6. The summed E-state index contributed by atoms with van der Waals surface area (Å²) in [7, 11) is 1.61. The van der Waals surface area contributed by atoms with Gasteiger partial charge in [-0.3, -0.25) is 0 Å². The third-order valence-electron chi connectivity index (χ3n) is 4.40. The quantitative estimate of drug-likeness (QED) is 0.867. The number of esters is 1. The standard InChI is InChI=1S/C17H25NO3/c1-12-14(6-5-7-15(12)20-4)16(19)21-17(2,3)13-8-10-18-11-9-13/h5-7,13,18H,8-11H2,1-4H3. The van der Waals surface area contributed by atoms with Crippen molar-refractivity contribution in [2.75, 3.05) is 20.2 Å². The number of hydrogen-bond acceptors (Lipinski definition) is 4. The van der Waals surface area contributed by atoms with Gasteiger partial charge in [-0.15, -0.1) is 0 Å². The van der Waals surface area contributed by atoms with Crippen molar-refractivity contribution in [2.45, 2.75) is 39.2 Å². The molecule has 0 aliphatic carbocycles. The summed E-state index contributed by atoms with van der Waals surface area (Å²) in [6.07, 6.45) is 2.08. The summed E-state index contributed by atoms with van der Waals surface area (Å²) in [5.41, 5.74) is 0.955. The summed E-state index contributed by atoms with van der Waals surface area (Å²) in [5.74, 6) is 0.840. The van der Waals surface area contributed by atoms with Crippen LogP contribution >= 0.6 is 0 Å². The molecule has 0 radical (unpaired) electrons. The van der Waals surface area contributed by atoms with E-state index in [4.69, 9.17) is 9.47 Å². The van der Waals surface area contributed by atoms with Crippen LogP contribution in [0, 0.1) is 12.8 Å². The maximum Gasteiger partial charge on any atom is 0.339 e. The van der Waals surface area contributed by atoms with E-state index in [1.807, 2.05) is 32.9 Å². The summed E-state index contributed by atoms with van der Waals surface area (Å²) in [6.45, 7) is 7.88. The lowest BCUT2D eigenvalue weighted by Gasteiger charge is -2.36. The summed E-state index contributed by atoms with van der Waals surface area (Å²) in [6, 6.07) is 5.46. The van der Waals surface area contributed by atoms with Crippen molar-refractivity contribution >= 4 is 5.97 Å². The molecule has 0 spiro atoms. The molecule has 1 fully saturated rings. The molecule has 0 saturated carbocycles. The molecule has 21 heavy (non-hydrogen) atoms. The van der Waals surface area contributed by atoms with Crippen LogP contribution in [0.4, 0.5) is 0 Å². The molecule has 2 rings (SSSR count). The van der Waals surface area contributed by atoms with Crippen molar-refractivity contribution in [1.82, 2.24) is 5.32 Å². The maximum absolute atomic E-state index is 12.5.